The second-order valence-electron chi connectivity index (χ2n) is 15.5. The van der Waals surface area contributed by atoms with Crippen LogP contribution in [-0.4, -0.2) is 71.5 Å². The number of benzene rings is 2. The quantitative estimate of drug-likeness (QED) is 0.245. The van der Waals surface area contributed by atoms with Gasteiger partial charge in [-0.05, 0) is 130 Å². The fourth-order valence-corrected chi connectivity index (χ4v) is 10.1. The first-order chi connectivity index (χ1) is 24.6. The van der Waals surface area contributed by atoms with Gasteiger partial charge in [-0.1, -0.05) is 36.7 Å². The first-order valence-corrected chi connectivity index (χ1v) is 20.9. The van der Waals surface area contributed by atoms with Crippen LogP contribution in [0.5, 0.6) is 5.75 Å². The van der Waals surface area contributed by atoms with Crippen molar-refractivity contribution in [2.24, 2.45) is 17.8 Å². The first kappa shape index (κ1) is 36.7. The maximum Gasteiger partial charge on any atom is 0.264 e. The zero-order valence-corrected chi connectivity index (χ0v) is 31.6. The van der Waals surface area contributed by atoms with Crippen molar-refractivity contribution in [2.45, 2.75) is 101 Å². The number of carbonyl (C=O) groups is 1. The highest BCUT2D eigenvalue weighted by atomic mass is 35.5. The second-order valence-corrected chi connectivity index (χ2v) is 17.9. The standard InChI is InChI=1S/C40H53ClN2O7S/c1-27-8-5-10-36(47-20-7-21-49-38-11-3-4-19-48-38)33-15-12-31(33)24-43-25-40(18-6-9-29-22-32(41)14-16-34(29)40)26-50-37-17-13-30(23-35(37)43)39(44)42-51(45,46)28(27)2/h5,10,13-14,16-17,22-23,27-28,31,33,36,38H,3-4,6-9,11-12,15,18-21,24-26H2,1-2H3,(H,42,44)/b10-5-/t27-,28+,31-,33+,36-,38-,40-/m0/s1. The number of allylic oxidation sites excluding steroid dienone is 1. The van der Waals surface area contributed by atoms with Gasteiger partial charge in [-0.3, -0.25) is 4.79 Å². The summed E-state index contributed by atoms with van der Waals surface area (Å²) >= 11 is 6.47. The Hall–Kier alpha value is -2.63. The minimum atomic E-state index is -3.93. The van der Waals surface area contributed by atoms with Gasteiger partial charge in [0.25, 0.3) is 5.91 Å². The molecule has 2 aromatic carbocycles. The molecule has 1 saturated carbocycles. The minimum Gasteiger partial charge on any atom is -0.490 e. The molecule has 2 aliphatic carbocycles. The smallest absolute Gasteiger partial charge is 0.264 e. The number of ether oxygens (including phenoxy) is 4. The lowest BCUT2D eigenvalue weighted by Gasteiger charge is -2.46. The van der Waals surface area contributed by atoms with Crippen LogP contribution in [0.15, 0.2) is 48.6 Å². The molecule has 9 nitrogen and oxygen atoms in total. The molecule has 1 N–H and O–H groups in total. The van der Waals surface area contributed by atoms with Gasteiger partial charge in [-0.15, -0.1) is 0 Å². The number of rotatable bonds is 6. The van der Waals surface area contributed by atoms with Gasteiger partial charge in [0.05, 0.1) is 30.3 Å². The van der Waals surface area contributed by atoms with Gasteiger partial charge in [-0.25, -0.2) is 13.1 Å². The van der Waals surface area contributed by atoms with Crippen LogP contribution in [-0.2, 0) is 36.1 Å². The topological polar surface area (TPSA) is 103 Å². The zero-order valence-electron chi connectivity index (χ0n) is 30.0. The van der Waals surface area contributed by atoms with E-state index in [-0.39, 0.29) is 23.7 Å². The summed E-state index contributed by atoms with van der Waals surface area (Å²) in [5, 5.41) is -0.0254. The molecule has 2 aromatic rings. The zero-order chi connectivity index (χ0) is 35.6. The molecule has 2 fully saturated rings. The molecule has 0 aromatic heterocycles. The molecular weight excluding hydrogens is 688 g/mol. The van der Waals surface area contributed by atoms with Crippen LogP contribution in [0.3, 0.4) is 0 Å². The predicted molar refractivity (Wildman–Crippen MR) is 199 cm³/mol. The summed E-state index contributed by atoms with van der Waals surface area (Å²) < 4.78 is 54.3. The Kier molecular flexibility index (Phi) is 11.4. The van der Waals surface area contributed by atoms with Crippen molar-refractivity contribution in [3.8, 4) is 5.75 Å². The Morgan fingerprint density at radius 2 is 1.90 bits per heavy atom. The van der Waals surface area contributed by atoms with Crippen molar-refractivity contribution in [1.82, 2.24) is 4.72 Å². The molecule has 0 radical (unpaired) electrons. The van der Waals surface area contributed by atoms with Crippen molar-refractivity contribution in [3.63, 3.8) is 0 Å². The second kappa shape index (κ2) is 15.8. The van der Waals surface area contributed by atoms with E-state index in [9.17, 15) is 13.2 Å². The average molecular weight is 741 g/mol. The SMILES string of the molecule is C[C@@H]1[C@@H](C)C/C=C\[C@H](OCCCO[C@H]2CCCCO2)[C@@H]2CC[C@H]2CN2C[C@@]3(CCCc4cc(Cl)ccc43)COc3ccc(cc32)C(=O)NS1(=O)=O. The monoisotopic (exact) mass is 740 g/mol. The van der Waals surface area contributed by atoms with E-state index in [4.69, 9.17) is 30.5 Å². The molecule has 2 bridgehead atoms. The fraction of sp³-hybridized carbons (Fsp3) is 0.625. The van der Waals surface area contributed by atoms with E-state index in [2.05, 4.69) is 33.9 Å². The van der Waals surface area contributed by atoms with E-state index in [1.807, 2.05) is 25.1 Å². The summed E-state index contributed by atoms with van der Waals surface area (Å²) in [6.07, 6.45) is 13.7. The highest BCUT2D eigenvalue weighted by Crippen LogP contribution is 2.47. The molecule has 7 atom stereocenters. The summed E-state index contributed by atoms with van der Waals surface area (Å²) in [5.74, 6) is 0.554. The number of nitrogens with zero attached hydrogens (tertiary/aromatic N) is 1. The molecule has 1 amide bonds. The Morgan fingerprint density at radius 1 is 1.04 bits per heavy atom. The molecule has 51 heavy (non-hydrogen) atoms. The Morgan fingerprint density at radius 3 is 2.71 bits per heavy atom. The van der Waals surface area contributed by atoms with Gasteiger partial charge < -0.3 is 23.8 Å². The van der Waals surface area contributed by atoms with Crippen LogP contribution in [0.1, 0.15) is 93.1 Å². The van der Waals surface area contributed by atoms with Crippen LogP contribution < -0.4 is 14.4 Å². The molecule has 278 valence electrons. The van der Waals surface area contributed by atoms with Crippen LogP contribution in [0.2, 0.25) is 5.02 Å². The van der Waals surface area contributed by atoms with Crippen LogP contribution in [0, 0.1) is 17.8 Å². The molecule has 3 heterocycles. The maximum absolute atomic E-state index is 13.5. The van der Waals surface area contributed by atoms with Crippen LogP contribution in [0.25, 0.3) is 0 Å². The molecule has 1 saturated heterocycles. The summed E-state index contributed by atoms with van der Waals surface area (Å²) in [6.45, 7) is 7.52. The number of hydrogen-bond donors (Lipinski definition) is 1. The van der Waals surface area contributed by atoms with E-state index in [1.165, 1.54) is 11.1 Å². The predicted octanol–water partition coefficient (Wildman–Crippen LogP) is 7.20. The van der Waals surface area contributed by atoms with Crippen molar-refractivity contribution in [2.75, 3.05) is 44.4 Å². The normalized spacial score (nSPS) is 32.8. The number of carbonyl (C=O) groups excluding carboxylic acids is 1. The van der Waals surface area contributed by atoms with Gasteiger partial charge in [0, 0.05) is 42.3 Å². The van der Waals surface area contributed by atoms with Gasteiger partial charge in [-0.2, -0.15) is 0 Å². The largest absolute Gasteiger partial charge is 0.490 e. The number of nitrogens with one attached hydrogen (secondary N) is 1. The van der Waals surface area contributed by atoms with Gasteiger partial charge in [0.1, 0.15) is 5.75 Å². The van der Waals surface area contributed by atoms with E-state index in [0.29, 0.717) is 49.4 Å². The van der Waals surface area contributed by atoms with Gasteiger partial charge in [0.15, 0.2) is 6.29 Å². The number of halogens is 1. The summed E-state index contributed by atoms with van der Waals surface area (Å²) in [7, 11) is -3.93. The summed E-state index contributed by atoms with van der Waals surface area (Å²) in [5.41, 5.74) is 3.42. The van der Waals surface area contributed by atoms with Gasteiger partial charge in [0.2, 0.25) is 10.0 Å². The molecule has 1 spiro atoms. The Bertz CT molecular complexity index is 1700. The van der Waals surface area contributed by atoms with Crippen molar-refractivity contribution in [3.05, 3.63) is 70.3 Å². The number of sulfonamides is 1. The molecular formula is C40H53ClN2O7S. The third-order valence-corrected chi connectivity index (χ3v) is 14.2. The highest BCUT2D eigenvalue weighted by molar-refractivity contribution is 7.90. The first-order valence-electron chi connectivity index (χ1n) is 19.0. The van der Waals surface area contributed by atoms with Crippen molar-refractivity contribution < 1.29 is 32.2 Å². The van der Waals surface area contributed by atoms with Gasteiger partial charge >= 0.3 is 0 Å². The van der Waals surface area contributed by atoms with E-state index in [1.54, 1.807) is 13.0 Å². The lowest BCUT2D eigenvalue weighted by Crippen LogP contribution is -2.49. The van der Waals surface area contributed by atoms with Crippen molar-refractivity contribution >= 4 is 33.2 Å². The Labute approximate surface area is 308 Å². The van der Waals surface area contributed by atoms with Crippen LogP contribution in [0.4, 0.5) is 5.69 Å². The van der Waals surface area contributed by atoms with E-state index >= 15 is 0 Å². The summed E-state index contributed by atoms with van der Waals surface area (Å²) in [6, 6.07) is 11.6. The molecule has 5 aliphatic rings. The lowest BCUT2D eigenvalue weighted by atomic mass is 9.68. The number of amides is 1. The minimum absolute atomic E-state index is 0.0954. The van der Waals surface area contributed by atoms with Crippen molar-refractivity contribution in [1.29, 1.82) is 0 Å². The molecule has 0 unspecified atom stereocenters. The Balaban J connectivity index is 1.18. The molecule has 3 aliphatic heterocycles. The molecule has 11 heteroatoms. The maximum atomic E-state index is 13.5. The number of hydrogen-bond acceptors (Lipinski definition) is 8. The van der Waals surface area contributed by atoms with E-state index < -0.39 is 21.2 Å². The number of aryl methyl sites for hydroxylation is 1. The highest BCUT2D eigenvalue weighted by Gasteiger charge is 2.44. The third-order valence-electron chi connectivity index (χ3n) is 12.1. The summed E-state index contributed by atoms with van der Waals surface area (Å²) in [4.78, 5) is 15.9. The van der Waals surface area contributed by atoms with E-state index in [0.717, 1.165) is 88.2 Å². The lowest BCUT2D eigenvalue weighted by molar-refractivity contribution is -0.164. The third kappa shape index (κ3) is 8.15. The number of anilines is 1. The molecule has 7 rings (SSSR count). The fourth-order valence-electron chi connectivity index (χ4n) is 8.66. The average Bonchev–Trinajstić information content (AvgIpc) is 3.25. The number of fused-ring (bicyclic) bond motifs is 4. The van der Waals surface area contributed by atoms with Crippen LogP contribution >= 0.6 is 11.6 Å².